The molecule has 1 aromatic heterocycles. The van der Waals surface area contributed by atoms with Gasteiger partial charge in [-0.15, -0.1) is 0 Å². The van der Waals surface area contributed by atoms with Crippen molar-refractivity contribution in [2.45, 2.75) is 25.4 Å². The van der Waals surface area contributed by atoms with E-state index in [2.05, 4.69) is 28.5 Å². The molecule has 0 aliphatic heterocycles. The van der Waals surface area contributed by atoms with Crippen molar-refractivity contribution in [3.63, 3.8) is 0 Å². The molecular formula is C16H17ClN2O. The Morgan fingerprint density at radius 3 is 2.90 bits per heavy atom. The average molecular weight is 289 g/mol. The summed E-state index contributed by atoms with van der Waals surface area (Å²) in [4.78, 5) is 4.05. The quantitative estimate of drug-likeness (QED) is 0.894. The summed E-state index contributed by atoms with van der Waals surface area (Å²) in [5, 5.41) is 3.83. The van der Waals surface area contributed by atoms with Crippen LogP contribution in [0.15, 0.2) is 36.7 Å². The summed E-state index contributed by atoms with van der Waals surface area (Å²) in [5.41, 5.74) is 3.73. The zero-order valence-corrected chi connectivity index (χ0v) is 12.2. The predicted molar refractivity (Wildman–Crippen MR) is 81.5 cm³/mol. The maximum atomic E-state index is 6.10. The highest BCUT2D eigenvalue weighted by molar-refractivity contribution is 6.31. The SMILES string of the molecule is CNc1cccc(C2CC2)c1COc1cnccc1Cl. The van der Waals surface area contributed by atoms with Gasteiger partial charge in [-0.3, -0.25) is 4.98 Å². The van der Waals surface area contributed by atoms with E-state index < -0.39 is 0 Å². The van der Waals surface area contributed by atoms with Crippen molar-refractivity contribution < 1.29 is 4.74 Å². The summed E-state index contributed by atoms with van der Waals surface area (Å²) in [6.07, 6.45) is 5.86. The maximum absolute atomic E-state index is 6.10. The van der Waals surface area contributed by atoms with Crippen LogP contribution in [0.25, 0.3) is 0 Å². The maximum Gasteiger partial charge on any atom is 0.156 e. The van der Waals surface area contributed by atoms with E-state index in [0.717, 1.165) is 5.69 Å². The fraction of sp³-hybridized carbons (Fsp3) is 0.312. The van der Waals surface area contributed by atoms with Gasteiger partial charge in [0.2, 0.25) is 0 Å². The van der Waals surface area contributed by atoms with Crippen LogP contribution < -0.4 is 10.1 Å². The second kappa shape index (κ2) is 5.71. The Balaban J connectivity index is 1.84. The molecule has 0 bridgehead atoms. The minimum Gasteiger partial charge on any atom is -0.486 e. The summed E-state index contributed by atoms with van der Waals surface area (Å²) in [7, 11) is 1.94. The van der Waals surface area contributed by atoms with Crippen LogP contribution in [0.3, 0.4) is 0 Å². The normalized spacial score (nSPS) is 14.1. The molecule has 1 heterocycles. The largest absolute Gasteiger partial charge is 0.486 e. The topological polar surface area (TPSA) is 34.1 Å². The molecule has 2 aromatic rings. The number of benzene rings is 1. The van der Waals surface area contributed by atoms with Crippen LogP contribution in [0.1, 0.15) is 29.9 Å². The van der Waals surface area contributed by atoms with Gasteiger partial charge in [0.05, 0.1) is 11.2 Å². The van der Waals surface area contributed by atoms with Gasteiger partial charge in [0.1, 0.15) is 6.61 Å². The Kier molecular flexibility index (Phi) is 3.79. The number of rotatable bonds is 5. The molecule has 1 aromatic carbocycles. The Bertz CT molecular complexity index is 611. The summed E-state index contributed by atoms with van der Waals surface area (Å²) in [6.45, 7) is 0.508. The highest BCUT2D eigenvalue weighted by Crippen LogP contribution is 2.43. The zero-order valence-electron chi connectivity index (χ0n) is 11.4. The van der Waals surface area contributed by atoms with Gasteiger partial charge in [-0.1, -0.05) is 23.7 Å². The molecule has 0 radical (unpaired) electrons. The third kappa shape index (κ3) is 2.73. The van der Waals surface area contributed by atoms with Crippen molar-refractivity contribution in [3.8, 4) is 5.75 Å². The summed E-state index contributed by atoms with van der Waals surface area (Å²) in [5.74, 6) is 1.31. The number of hydrogen-bond acceptors (Lipinski definition) is 3. The molecule has 1 aliphatic carbocycles. The van der Waals surface area contributed by atoms with E-state index in [1.807, 2.05) is 7.05 Å². The number of ether oxygens (including phenoxy) is 1. The van der Waals surface area contributed by atoms with Crippen molar-refractivity contribution in [2.24, 2.45) is 0 Å². The molecule has 0 saturated heterocycles. The molecule has 4 heteroatoms. The van der Waals surface area contributed by atoms with Crippen LogP contribution in [0, 0.1) is 0 Å². The Hall–Kier alpha value is -1.74. The molecule has 0 atom stereocenters. The number of nitrogens with one attached hydrogen (secondary N) is 1. The van der Waals surface area contributed by atoms with Gasteiger partial charge in [-0.2, -0.15) is 0 Å². The van der Waals surface area contributed by atoms with Crippen LogP contribution in [0.5, 0.6) is 5.75 Å². The summed E-state index contributed by atoms with van der Waals surface area (Å²) in [6, 6.07) is 8.11. The summed E-state index contributed by atoms with van der Waals surface area (Å²) >= 11 is 6.10. The fourth-order valence-electron chi connectivity index (χ4n) is 2.40. The van der Waals surface area contributed by atoms with Gasteiger partial charge in [0.25, 0.3) is 0 Å². The molecule has 0 spiro atoms. The molecule has 1 fully saturated rings. The highest BCUT2D eigenvalue weighted by Gasteiger charge is 2.27. The van der Waals surface area contributed by atoms with Crippen LogP contribution in [-0.2, 0) is 6.61 Å². The van der Waals surface area contributed by atoms with Crippen LogP contribution >= 0.6 is 11.6 Å². The van der Waals surface area contributed by atoms with Gasteiger partial charge in [-0.25, -0.2) is 0 Å². The van der Waals surface area contributed by atoms with Crippen molar-refractivity contribution in [3.05, 3.63) is 52.8 Å². The van der Waals surface area contributed by atoms with Crippen LogP contribution in [0.2, 0.25) is 5.02 Å². The second-order valence-corrected chi connectivity index (χ2v) is 5.40. The first-order valence-electron chi connectivity index (χ1n) is 6.81. The Labute approximate surface area is 123 Å². The molecule has 0 amide bonds. The lowest BCUT2D eigenvalue weighted by atomic mass is 10.0. The predicted octanol–water partition coefficient (Wildman–Crippen LogP) is 4.23. The standard InChI is InChI=1S/C16H17ClN2O/c1-18-15-4-2-3-12(11-5-6-11)13(15)10-20-16-9-19-8-7-14(16)17/h2-4,7-9,11,18H,5-6,10H2,1H3. The first-order chi connectivity index (χ1) is 9.79. The molecule has 1 aliphatic rings. The van der Waals surface area contributed by atoms with Gasteiger partial charge in [0, 0.05) is 24.5 Å². The minimum atomic E-state index is 0.508. The van der Waals surface area contributed by atoms with Crippen molar-refractivity contribution >= 4 is 17.3 Å². The zero-order chi connectivity index (χ0) is 13.9. The van der Waals surface area contributed by atoms with Gasteiger partial charge in [-0.05, 0) is 36.5 Å². The van der Waals surface area contributed by atoms with E-state index in [1.54, 1.807) is 18.5 Å². The lowest BCUT2D eigenvalue weighted by Crippen LogP contribution is -2.04. The first-order valence-corrected chi connectivity index (χ1v) is 7.19. The monoisotopic (exact) mass is 288 g/mol. The number of hydrogen-bond donors (Lipinski definition) is 1. The molecular weight excluding hydrogens is 272 g/mol. The van der Waals surface area contributed by atoms with Crippen molar-refractivity contribution in [1.82, 2.24) is 4.98 Å². The van der Waals surface area contributed by atoms with Crippen LogP contribution in [0.4, 0.5) is 5.69 Å². The molecule has 3 nitrogen and oxygen atoms in total. The number of nitrogens with zero attached hydrogens (tertiary/aromatic N) is 1. The van der Waals surface area contributed by atoms with E-state index in [-0.39, 0.29) is 0 Å². The average Bonchev–Trinajstić information content (AvgIpc) is 3.30. The molecule has 20 heavy (non-hydrogen) atoms. The smallest absolute Gasteiger partial charge is 0.156 e. The number of aromatic nitrogens is 1. The number of pyridine rings is 1. The van der Waals surface area contributed by atoms with Crippen molar-refractivity contribution in [2.75, 3.05) is 12.4 Å². The Morgan fingerprint density at radius 1 is 1.35 bits per heavy atom. The Morgan fingerprint density at radius 2 is 2.20 bits per heavy atom. The first kappa shape index (κ1) is 13.3. The highest BCUT2D eigenvalue weighted by atomic mass is 35.5. The molecule has 1 saturated carbocycles. The number of halogens is 1. The van der Waals surface area contributed by atoms with Gasteiger partial charge in [0.15, 0.2) is 5.75 Å². The summed E-state index contributed by atoms with van der Waals surface area (Å²) < 4.78 is 5.85. The van der Waals surface area contributed by atoms with E-state index >= 15 is 0 Å². The van der Waals surface area contributed by atoms with Crippen molar-refractivity contribution in [1.29, 1.82) is 0 Å². The third-order valence-electron chi connectivity index (χ3n) is 3.60. The third-order valence-corrected chi connectivity index (χ3v) is 3.92. The fourth-order valence-corrected chi connectivity index (χ4v) is 2.56. The lowest BCUT2D eigenvalue weighted by molar-refractivity contribution is 0.304. The molecule has 1 N–H and O–H groups in total. The van der Waals surface area contributed by atoms with E-state index in [9.17, 15) is 0 Å². The second-order valence-electron chi connectivity index (χ2n) is 4.99. The lowest BCUT2D eigenvalue weighted by Gasteiger charge is -2.15. The van der Waals surface area contributed by atoms with Gasteiger partial charge < -0.3 is 10.1 Å². The van der Waals surface area contributed by atoms with E-state index in [1.165, 1.54) is 24.0 Å². The van der Waals surface area contributed by atoms with E-state index in [4.69, 9.17) is 16.3 Å². The minimum absolute atomic E-state index is 0.508. The molecule has 3 rings (SSSR count). The number of anilines is 1. The van der Waals surface area contributed by atoms with E-state index in [0.29, 0.717) is 23.3 Å². The molecule has 0 unspecified atom stereocenters. The molecule has 104 valence electrons. The van der Waals surface area contributed by atoms with Gasteiger partial charge >= 0.3 is 0 Å². The van der Waals surface area contributed by atoms with Crippen LogP contribution in [-0.4, -0.2) is 12.0 Å².